The lowest BCUT2D eigenvalue weighted by Gasteiger charge is -2.13. The van der Waals surface area contributed by atoms with Gasteiger partial charge in [-0.1, -0.05) is 35.9 Å². The monoisotopic (exact) mass is 518 g/mol. The number of amides is 3. The van der Waals surface area contributed by atoms with Crippen LogP contribution in [0, 0.1) is 6.92 Å². The van der Waals surface area contributed by atoms with Gasteiger partial charge in [-0.2, -0.15) is 0 Å². The topological polar surface area (TPSA) is 94.2 Å². The second-order valence-corrected chi connectivity index (χ2v) is 9.23. The van der Waals surface area contributed by atoms with Gasteiger partial charge >= 0.3 is 0 Å². The molecule has 1 N–H and O–H groups in total. The number of anilines is 1. The predicted octanol–water partition coefficient (Wildman–Crippen LogP) is 5.27. The van der Waals surface area contributed by atoms with Gasteiger partial charge in [-0.3, -0.25) is 19.3 Å². The van der Waals surface area contributed by atoms with Crippen molar-refractivity contribution >= 4 is 40.6 Å². The van der Waals surface area contributed by atoms with Crippen LogP contribution in [-0.4, -0.2) is 42.7 Å². The molecule has 0 spiro atoms. The van der Waals surface area contributed by atoms with Crippen molar-refractivity contribution in [2.75, 3.05) is 26.1 Å². The van der Waals surface area contributed by atoms with Crippen LogP contribution < -0.4 is 19.5 Å². The smallest absolute Gasteiger partial charge is 0.294 e. The summed E-state index contributed by atoms with van der Waals surface area (Å²) in [6, 6.07) is 20.0. The highest BCUT2D eigenvalue weighted by atomic mass is 32.2. The zero-order valence-corrected chi connectivity index (χ0v) is 21.5. The molecule has 1 saturated heterocycles. The molecule has 3 aromatic carbocycles. The number of rotatable bonds is 9. The van der Waals surface area contributed by atoms with Crippen LogP contribution >= 0.6 is 11.8 Å². The molecule has 0 aliphatic carbocycles. The molecule has 0 bridgehead atoms. The third-order valence-corrected chi connectivity index (χ3v) is 6.42. The maximum absolute atomic E-state index is 12.9. The van der Waals surface area contributed by atoms with Crippen molar-refractivity contribution in [3.05, 3.63) is 88.3 Å². The molecule has 0 unspecified atom stereocenters. The summed E-state index contributed by atoms with van der Waals surface area (Å²) in [7, 11) is 3.08. The molecule has 3 amide bonds. The fraction of sp³-hybridized carbons (Fsp3) is 0.179. The van der Waals surface area contributed by atoms with Crippen LogP contribution in [0.25, 0.3) is 6.08 Å². The first kappa shape index (κ1) is 25.8. The number of nitrogens with one attached hydrogen (secondary N) is 1. The van der Waals surface area contributed by atoms with Crippen molar-refractivity contribution in [1.29, 1.82) is 0 Å². The number of benzene rings is 3. The summed E-state index contributed by atoms with van der Waals surface area (Å²) in [6.45, 7) is 2.02. The Morgan fingerprint density at radius 2 is 1.76 bits per heavy atom. The van der Waals surface area contributed by atoms with Gasteiger partial charge in [-0.05, 0) is 72.3 Å². The lowest BCUT2D eigenvalue weighted by Crippen LogP contribution is -2.36. The lowest BCUT2D eigenvalue weighted by molar-refractivity contribution is -0.127. The van der Waals surface area contributed by atoms with E-state index in [1.165, 1.54) is 7.11 Å². The first-order valence-electron chi connectivity index (χ1n) is 11.4. The van der Waals surface area contributed by atoms with E-state index in [-0.39, 0.29) is 11.4 Å². The summed E-state index contributed by atoms with van der Waals surface area (Å²) in [5.74, 6) is 0.699. The van der Waals surface area contributed by atoms with Crippen LogP contribution in [0.4, 0.5) is 10.5 Å². The molecule has 1 heterocycles. The quantitative estimate of drug-likeness (QED) is 0.386. The zero-order chi connectivity index (χ0) is 26.4. The third-order valence-electron chi connectivity index (χ3n) is 5.51. The molecule has 1 aliphatic rings. The van der Waals surface area contributed by atoms with Gasteiger partial charge in [0.15, 0.2) is 11.5 Å². The van der Waals surface area contributed by atoms with Gasteiger partial charge in [0.05, 0.1) is 19.1 Å². The number of thioether (sulfide) groups is 1. The van der Waals surface area contributed by atoms with Crippen LogP contribution in [0.5, 0.6) is 17.2 Å². The number of carbonyl (C=O) groups is 3. The van der Waals surface area contributed by atoms with E-state index in [1.54, 1.807) is 55.7 Å². The van der Waals surface area contributed by atoms with E-state index in [0.717, 1.165) is 27.8 Å². The second kappa shape index (κ2) is 11.7. The van der Waals surface area contributed by atoms with Gasteiger partial charge in [0.25, 0.3) is 11.1 Å². The standard InChI is InChI=1S/C28H26N2O6S/c1-18-5-4-6-20(13-18)17-36-23-12-7-19(14-24(23)35-3)15-25-27(32)30(28(33)37-25)16-26(31)29-21-8-10-22(34-2)11-9-21/h4-15H,16-17H2,1-3H3,(H,29,31)/b25-15-. The maximum atomic E-state index is 12.9. The van der Waals surface area contributed by atoms with Crippen LogP contribution in [0.2, 0.25) is 0 Å². The first-order valence-corrected chi connectivity index (χ1v) is 12.2. The van der Waals surface area contributed by atoms with Crippen LogP contribution in [-0.2, 0) is 16.2 Å². The van der Waals surface area contributed by atoms with Crippen molar-refractivity contribution in [1.82, 2.24) is 4.90 Å². The van der Waals surface area contributed by atoms with Crippen molar-refractivity contribution in [2.45, 2.75) is 13.5 Å². The Labute approximate surface area is 219 Å². The molecule has 1 fully saturated rings. The number of hydrogen-bond acceptors (Lipinski definition) is 7. The molecule has 1 aliphatic heterocycles. The average Bonchev–Trinajstić information content (AvgIpc) is 3.15. The number of nitrogens with zero attached hydrogens (tertiary/aromatic N) is 1. The van der Waals surface area contributed by atoms with E-state index in [0.29, 0.717) is 35.1 Å². The highest BCUT2D eigenvalue weighted by Gasteiger charge is 2.36. The molecule has 0 radical (unpaired) electrons. The van der Waals surface area contributed by atoms with E-state index in [1.807, 2.05) is 31.2 Å². The summed E-state index contributed by atoms with van der Waals surface area (Å²) < 4.78 is 16.5. The van der Waals surface area contributed by atoms with Crippen LogP contribution in [0.3, 0.4) is 0 Å². The molecule has 9 heteroatoms. The molecule has 190 valence electrons. The van der Waals surface area contributed by atoms with E-state index in [2.05, 4.69) is 5.32 Å². The Hall–Kier alpha value is -4.24. The van der Waals surface area contributed by atoms with Crippen molar-refractivity contribution in [2.24, 2.45) is 0 Å². The molecule has 37 heavy (non-hydrogen) atoms. The van der Waals surface area contributed by atoms with E-state index in [4.69, 9.17) is 14.2 Å². The highest BCUT2D eigenvalue weighted by Crippen LogP contribution is 2.34. The molecule has 0 aromatic heterocycles. The summed E-state index contributed by atoms with van der Waals surface area (Å²) in [6.07, 6.45) is 1.60. The SMILES string of the molecule is COc1ccc(NC(=O)CN2C(=O)S/C(=C\c3ccc(OCc4cccc(C)c4)c(OC)c3)C2=O)cc1. The van der Waals surface area contributed by atoms with Gasteiger partial charge in [0, 0.05) is 5.69 Å². The zero-order valence-electron chi connectivity index (χ0n) is 20.6. The Balaban J connectivity index is 1.41. The second-order valence-electron chi connectivity index (χ2n) is 8.23. The van der Waals surface area contributed by atoms with Crippen LogP contribution in [0.15, 0.2) is 71.6 Å². The van der Waals surface area contributed by atoms with Gasteiger partial charge in [-0.15, -0.1) is 0 Å². The van der Waals surface area contributed by atoms with Gasteiger partial charge in [0.1, 0.15) is 18.9 Å². The Bertz CT molecular complexity index is 1350. The number of ether oxygens (including phenoxy) is 3. The number of methoxy groups -OCH3 is 2. The third kappa shape index (κ3) is 6.50. The molecule has 8 nitrogen and oxygen atoms in total. The van der Waals surface area contributed by atoms with E-state index in [9.17, 15) is 14.4 Å². The first-order chi connectivity index (χ1) is 17.9. The molecule has 4 rings (SSSR count). The van der Waals surface area contributed by atoms with Crippen molar-refractivity contribution in [3.8, 4) is 17.2 Å². The molecular weight excluding hydrogens is 492 g/mol. The fourth-order valence-corrected chi connectivity index (χ4v) is 4.50. The maximum Gasteiger partial charge on any atom is 0.294 e. The molecule has 0 saturated carbocycles. The largest absolute Gasteiger partial charge is 0.497 e. The average molecular weight is 519 g/mol. The van der Waals surface area contributed by atoms with Gasteiger partial charge in [0.2, 0.25) is 5.91 Å². The van der Waals surface area contributed by atoms with Gasteiger partial charge < -0.3 is 19.5 Å². The number of hydrogen-bond donors (Lipinski definition) is 1. The van der Waals surface area contributed by atoms with Crippen LogP contribution in [0.1, 0.15) is 16.7 Å². The predicted molar refractivity (Wildman–Crippen MR) is 143 cm³/mol. The minimum absolute atomic E-state index is 0.220. The van der Waals surface area contributed by atoms with Gasteiger partial charge in [-0.25, -0.2) is 0 Å². The minimum Gasteiger partial charge on any atom is -0.497 e. The van der Waals surface area contributed by atoms with E-state index < -0.39 is 17.1 Å². The number of carbonyl (C=O) groups excluding carboxylic acids is 3. The Morgan fingerprint density at radius 3 is 2.46 bits per heavy atom. The normalized spacial score (nSPS) is 14.1. The fourth-order valence-electron chi connectivity index (χ4n) is 3.66. The van der Waals surface area contributed by atoms with Crippen molar-refractivity contribution < 1.29 is 28.6 Å². The summed E-state index contributed by atoms with van der Waals surface area (Å²) in [5, 5.41) is 2.17. The Morgan fingerprint density at radius 1 is 0.973 bits per heavy atom. The number of imide groups is 1. The minimum atomic E-state index is -0.529. The summed E-state index contributed by atoms with van der Waals surface area (Å²) in [5.41, 5.74) is 3.38. The van der Waals surface area contributed by atoms with Crippen molar-refractivity contribution in [3.63, 3.8) is 0 Å². The highest BCUT2D eigenvalue weighted by molar-refractivity contribution is 8.18. The Kier molecular flexibility index (Phi) is 8.15. The molecule has 3 aromatic rings. The number of aryl methyl sites for hydroxylation is 1. The molecule has 0 atom stereocenters. The molecular formula is C28H26N2O6S. The summed E-state index contributed by atoms with van der Waals surface area (Å²) in [4.78, 5) is 38.9. The summed E-state index contributed by atoms with van der Waals surface area (Å²) >= 11 is 0.786. The lowest BCUT2D eigenvalue weighted by atomic mass is 10.1. The van der Waals surface area contributed by atoms with E-state index >= 15 is 0 Å².